The number of nitrogens with one attached hydrogen (secondary N) is 2. The van der Waals surface area contributed by atoms with Gasteiger partial charge in [0.2, 0.25) is 0 Å². The van der Waals surface area contributed by atoms with Crippen molar-refractivity contribution in [1.82, 2.24) is 10.6 Å². The van der Waals surface area contributed by atoms with Crippen molar-refractivity contribution in [2.45, 2.75) is 25.8 Å². The molecule has 1 aromatic heterocycles. The largest absolute Gasteiger partial charge is 0.456 e. The van der Waals surface area contributed by atoms with E-state index in [-0.39, 0.29) is 11.6 Å². The third-order valence-corrected chi connectivity index (χ3v) is 5.14. The summed E-state index contributed by atoms with van der Waals surface area (Å²) in [6.07, 6.45) is 4.06. The number of hydrogen-bond donors (Lipinski definition) is 3. The van der Waals surface area contributed by atoms with Gasteiger partial charge in [-0.3, -0.25) is 9.79 Å². The topological polar surface area (TPSA) is 92.7 Å². The van der Waals surface area contributed by atoms with Crippen LogP contribution in [0.3, 0.4) is 0 Å². The fourth-order valence-corrected chi connectivity index (χ4v) is 3.72. The number of allylic oxidation sites excluding steroid dienone is 1. The van der Waals surface area contributed by atoms with Gasteiger partial charge in [0.25, 0.3) is 0 Å². The first-order chi connectivity index (χ1) is 12.4. The summed E-state index contributed by atoms with van der Waals surface area (Å²) in [5, 5.41) is 7.38. The lowest BCUT2D eigenvalue weighted by molar-refractivity contribution is -0.110. The second-order valence-corrected chi connectivity index (χ2v) is 7.05. The van der Waals surface area contributed by atoms with Gasteiger partial charge in [-0.25, -0.2) is 0 Å². The van der Waals surface area contributed by atoms with E-state index in [1.165, 1.54) is 0 Å². The molecular weight excluding hydrogens is 328 g/mol. The highest BCUT2D eigenvalue weighted by Crippen LogP contribution is 2.46. The van der Waals surface area contributed by atoms with Crippen molar-refractivity contribution in [2.75, 3.05) is 13.7 Å². The fraction of sp³-hybridized carbons (Fsp3) is 0.300. The SMILES string of the molecule is CNCN=C(N)C1=CNC2(C)Cc3c(oc4c(C)cccc34)C2=CC1=O. The summed E-state index contributed by atoms with van der Waals surface area (Å²) in [5.74, 6) is 0.842. The van der Waals surface area contributed by atoms with Crippen molar-refractivity contribution < 1.29 is 9.21 Å². The first-order valence-corrected chi connectivity index (χ1v) is 8.65. The van der Waals surface area contributed by atoms with E-state index in [4.69, 9.17) is 10.2 Å². The molecule has 0 amide bonds. The Labute approximate surface area is 151 Å². The molecule has 6 heteroatoms. The minimum Gasteiger partial charge on any atom is -0.456 e. The Kier molecular flexibility index (Phi) is 3.73. The fourth-order valence-electron chi connectivity index (χ4n) is 3.72. The molecule has 0 spiro atoms. The average Bonchev–Trinajstić information content (AvgIpc) is 3.04. The lowest BCUT2D eigenvalue weighted by atomic mass is 9.93. The number of furan rings is 1. The van der Waals surface area contributed by atoms with Crippen molar-refractivity contribution in [3.63, 3.8) is 0 Å². The first kappa shape index (κ1) is 16.6. The van der Waals surface area contributed by atoms with E-state index in [0.29, 0.717) is 12.2 Å². The van der Waals surface area contributed by atoms with Gasteiger partial charge < -0.3 is 20.8 Å². The van der Waals surface area contributed by atoms with Crippen LogP contribution in [-0.4, -0.2) is 30.9 Å². The van der Waals surface area contributed by atoms with Crippen LogP contribution in [0.2, 0.25) is 0 Å². The summed E-state index contributed by atoms with van der Waals surface area (Å²) in [7, 11) is 1.77. The van der Waals surface area contributed by atoms with Gasteiger partial charge in [-0.2, -0.15) is 0 Å². The van der Waals surface area contributed by atoms with Crippen LogP contribution in [-0.2, 0) is 11.2 Å². The monoisotopic (exact) mass is 350 g/mol. The molecule has 0 saturated carbocycles. The average molecular weight is 350 g/mol. The molecule has 1 aromatic carbocycles. The number of benzene rings is 1. The van der Waals surface area contributed by atoms with Crippen molar-refractivity contribution in [3.05, 3.63) is 52.9 Å². The van der Waals surface area contributed by atoms with Gasteiger partial charge in [0.15, 0.2) is 5.78 Å². The third kappa shape index (κ3) is 2.37. The highest BCUT2D eigenvalue weighted by molar-refractivity contribution is 6.27. The normalized spacial score (nSPS) is 22.4. The van der Waals surface area contributed by atoms with Crippen LogP contribution < -0.4 is 16.4 Å². The van der Waals surface area contributed by atoms with Gasteiger partial charge in [0.1, 0.15) is 17.2 Å². The van der Waals surface area contributed by atoms with Gasteiger partial charge in [0.05, 0.1) is 17.8 Å². The number of amidine groups is 1. The second kappa shape index (κ2) is 5.85. The van der Waals surface area contributed by atoms with Crippen LogP contribution in [0.5, 0.6) is 0 Å². The van der Waals surface area contributed by atoms with Crippen molar-refractivity contribution in [1.29, 1.82) is 0 Å². The van der Waals surface area contributed by atoms with E-state index < -0.39 is 5.54 Å². The number of aliphatic imine (C=N–C) groups is 1. The van der Waals surface area contributed by atoms with Crippen molar-refractivity contribution >= 4 is 28.2 Å². The minimum atomic E-state index is -0.410. The van der Waals surface area contributed by atoms with Crippen LogP contribution in [0, 0.1) is 6.92 Å². The molecule has 0 bridgehead atoms. The standard InChI is InChI=1S/C20H22N4O2/c1-11-5-4-6-12-13-8-20(2)15(18(13)26-17(11)12)7-16(25)14(9-24-20)19(21)23-10-22-3/h4-7,9,22,24H,8,10H2,1-3H3,(H2,21,23). The summed E-state index contributed by atoms with van der Waals surface area (Å²) in [6.45, 7) is 4.46. The number of nitrogens with two attached hydrogens (primary N) is 1. The molecule has 1 atom stereocenters. The number of fused-ring (bicyclic) bond motifs is 5. The maximum atomic E-state index is 12.8. The third-order valence-electron chi connectivity index (χ3n) is 5.14. The predicted molar refractivity (Wildman–Crippen MR) is 103 cm³/mol. The van der Waals surface area contributed by atoms with Crippen LogP contribution in [0.25, 0.3) is 16.5 Å². The van der Waals surface area contributed by atoms with Gasteiger partial charge in [-0.1, -0.05) is 18.2 Å². The molecule has 26 heavy (non-hydrogen) atoms. The molecule has 6 nitrogen and oxygen atoms in total. The zero-order chi connectivity index (χ0) is 18.5. The quantitative estimate of drug-likeness (QED) is 0.582. The van der Waals surface area contributed by atoms with Crippen LogP contribution in [0.4, 0.5) is 0 Å². The number of carbonyl (C=O) groups is 1. The molecule has 0 fully saturated rings. The molecule has 2 aliphatic rings. The minimum absolute atomic E-state index is 0.168. The van der Waals surface area contributed by atoms with Crippen LogP contribution in [0.1, 0.15) is 23.8 Å². The summed E-state index contributed by atoms with van der Waals surface area (Å²) in [4.78, 5) is 17.0. The molecule has 0 radical (unpaired) electrons. The molecule has 1 aliphatic heterocycles. The number of hydrogen-bond acceptors (Lipinski definition) is 5. The molecule has 4 N–H and O–H groups in total. The second-order valence-electron chi connectivity index (χ2n) is 7.05. The summed E-state index contributed by atoms with van der Waals surface area (Å²) >= 11 is 0. The summed E-state index contributed by atoms with van der Waals surface area (Å²) < 4.78 is 6.19. The van der Waals surface area contributed by atoms with E-state index in [1.807, 2.05) is 19.1 Å². The smallest absolute Gasteiger partial charge is 0.191 e. The van der Waals surface area contributed by atoms with Gasteiger partial charge in [0, 0.05) is 29.1 Å². The van der Waals surface area contributed by atoms with E-state index in [0.717, 1.165) is 39.9 Å². The molecular formula is C20H22N4O2. The number of aryl methyl sites for hydroxylation is 1. The van der Waals surface area contributed by atoms with Gasteiger partial charge in [-0.05, 0) is 32.5 Å². The Morgan fingerprint density at radius 2 is 2.27 bits per heavy atom. The number of nitrogens with zero attached hydrogens (tertiary/aromatic N) is 1. The van der Waals surface area contributed by atoms with Crippen molar-refractivity contribution in [3.8, 4) is 0 Å². The van der Waals surface area contributed by atoms with Crippen LogP contribution in [0.15, 0.2) is 45.5 Å². The molecule has 1 unspecified atom stereocenters. The number of ketones is 1. The lowest BCUT2D eigenvalue weighted by Gasteiger charge is -2.25. The number of carbonyl (C=O) groups excluding carboxylic acids is 1. The highest BCUT2D eigenvalue weighted by Gasteiger charge is 2.43. The zero-order valence-corrected chi connectivity index (χ0v) is 15.1. The van der Waals surface area contributed by atoms with E-state index >= 15 is 0 Å². The maximum Gasteiger partial charge on any atom is 0.191 e. The van der Waals surface area contributed by atoms with E-state index in [1.54, 1.807) is 19.3 Å². The van der Waals surface area contributed by atoms with E-state index in [2.05, 4.69) is 28.6 Å². The predicted octanol–water partition coefficient (Wildman–Crippen LogP) is 2.03. The Morgan fingerprint density at radius 1 is 1.46 bits per heavy atom. The van der Waals surface area contributed by atoms with Crippen LogP contribution >= 0.6 is 0 Å². The van der Waals surface area contributed by atoms with E-state index in [9.17, 15) is 4.79 Å². The molecule has 1 aliphatic carbocycles. The van der Waals surface area contributed by atoms with Crippen molar-refractivity contribution in [2.24, 2.45) is 10.7 Å². The summed E-state index contributed by atoms with van der Waals surface area (Å²) in [6, 6.07) is 6.14. The Hall–Kier alpha value is -2.86. The Balaban J connectivity index is 1.81. The maximum absolute atomic E-state index is 12.8. The van der Waals surface area contributed by atoms with Gasteiger partial charge >= 0.3 is 0 Å². The molecule has 2 aromatic rings. The molecule has 134 valence electrons. The Bertz CT molecular complexity index is 1010. The molecule has 4 rings (SSSR count). The highest BCUT2D eigenvalue weighted by atomic mass is 16.3. The number of para-hydroxylation sites is 1. The summed E-state index contributed by atoms with van der Waals surface area (Å²) in [5.41, 5.74) is 9.94. The number of rotatable bonds is 3. The Morgan fingerprint density at radius 3 is 3.04 bits per heavy atom. The first-order valence-electron chi connectivity index (χ1n) is 8.65. The molecule has 2 heterocycles. The lowest BCUT2D eigenvalue weighted by Crippen LogP contribution is -2.39. The van der Waals surface area contributed by atoms with Gasteiger partial charge in [-0.15, -0.1) is 0 Å². The molecule has 0 saturated heterocycles. The zero-order valence-electron chi connectivity index (χ0n) is 15.1.